The molecule has 0 heterocycles. The molecule has 3 nitrogen and oxygen atoms in total. The molecule has 0 aliphatic carbocycles. The van der Waals surface area contributed by atoms with Gasteiger partial charge in [0.2, 0.25) is 0 Å². The molecule has 0 aliphatic rings. The predicted octanol–water partition coefficient (Wildman–Crippen LogP) is 2.61. The number of carbonyl (C=O) groups is 1. The SMILES string of the molecule is COc1ccc(C(CC(=O)O)C(C)F)cc1. The molecule has 0 saturated carbocycles. The van der Waals surface area contributed by atoms with Gasteiger partial charge in [0.25, 0.3) is 0 Å². The molecule has 0 radical (unpaired) electrons. The molecule has 2 atom stereocenters. The Morgan fingerprint density at radius 2 is 2.00 bits per heavy atom. The Morgan fingerprint density at radius 1 is 1.44 bits per heavy atom. The normalized spacial score (nSPS) is 14.2. The second-order valence-corrected chi connectivity index (χ2v) is 3.66. The fourth-order valence-corrected chi connectivity index (χ4v) is 1.58. The lowest BCUT2D eigenvalue weighted by Crippen LogP contribution is -2.15. The first-order valence-corrected chi connectivity index (χ1v) is 5.04. The zero-order valence-electron chi connectivity index (χ0n) is 9.31. The molecule has 1 aromatic carbocycles. The molecule has 0 fully saturated rings. The van der Waals surface area contributed by atoms with Crippen LogP contribution in [0, 0.1) is 0 Å². The van der Waals surface area contributed by atoms with Crippen molar-refractivity contribution in [2.24, 2.45) is 0 Å². The van der Waals surface area contributed by atoms with Gasteiger partial charge in [0.05, 0.1) is 13.5 Å². The molecule has 2 unspecified atom stereocenters. The minimum absolute atomic E-state index is 0.204. The number of alkyl halides is 1. The quantitative estimate of drug-likeness (QED) is 0.839. The van der Waals surface area contributed by atoms with Crippen molar-refractivity contribution in [3.8, 4) is 5.75 Å². The highest BCUT2D eigenvalue weighted by atomic mass is 19.1. The summed E-state index contributed by atoms with van der Waals surface area (Å²) in [5.41, 5.74) is 0.679. The summed E-state index contributed by atoms with van der Waals surface area (Å²) in [7, 11) is 1.54. The predicted molar refractivity (Wildman–Crippen MR) is 58.6 cm³/mol. The lowest BCUT2D eigenvalue weighted by atomic mass is 9.92. The second-order valence-electron chi connectivity index (χ2n) is 3.66. The fourth-order valence-electron chi connectivity index (χ4n) is 1.58. The molecular formula is C12H15FO3. The van der Waals surface area contributed by atoms with Crippen molar-refractivity contribution < 1.29 is 19.0 Å². The Labute approximate surface area is 93.9 Å². The maximum absolute atomic E-state index is 13.3. The zero-order valence-corrected chi connectivity index (χ0v) is 9.31. The Bertz CT molecular complexity index is 346. The van der Waals surface area contributed by atoms with Crippen molar-refractivity contribution in [1.82, 2.24) is 0 Å². The van der Waals surface area contributed by atoms with Gasteiger partial charge < -0.3 is 9.84 Å². The van der Waals surface area contributed by atoms with Crippen LogP contribution in [0.3, 0.4) is 0 Å². The number of carboxylic acid groups (broad SMARTS) is 1. The minimum atomic E-state index is -1.19. The smallest absolute Gasteiger partial charge is 0.304 e. The van der Waals surface area contributed by atoms with Gasteiger partial charge in [-0.3, -0.25) is 4.79 Å². The molecule has 1 rings (SSSR count). The molecule has 0 bridgehead atoms. The number of hydrogen-bond donors (Lipinski definition) is 1. The summed E-state index contributed by atoms with van der Waals surface area (Å²) in [4.78, 5) is 10.6. The lowest BCUT2D eigenvalue weighted by Gasteiger charge is -2.16. The fraction of sp³-hybridized carbons (Fsp3) is 0.417. The van der Waals surface area contributed by atoms with E-state index in [0.29, 0.717) is 11.3 Å². The van der Waals surface area contributed by atoms with Gasteiger partial charge in [-0.1, -0.05) is 12.1 Å². The van der Waals surface area contributed by atoms with Gasteiger partial charge >= 0.3 is 5.97 Å². The molecule has 0 aromatic heterocycles. The molecule has 0 aliphatic heterocycles. The first-order chi connectivity index (χ1) is 7.54. The number of aliphatic carboxylic acids is 1. The zero-order chi connectivity index (χ0) is 12.1. The van der Waals surface area contributed by atoms with Crippen LogP contribution >= 0.6 is 0 Å². The summed E-state index contributed by atoms with van der Waals surface area (Å²) in [6.07, 6.45) is -1.39. The van der Waals surface area contributed by atoms with Gasteiger partial charge in [0.15, 0.2) is 0 Å². The Hall–Kier alpha value is -1.58. The van der Waals surface area contributed by atoms with Gasteiger partial charge in [-0.05, 0) is 24.6 Å². The van der Waals surface area contributed by atoms with Gasteiger partial charge in [-0.2, -0.15) is 0 Å². The molecule has 1 N–H and O–H groups in total. The molecule has 88 valence electrons. The topological polar surface area (TPSA) is 46.5 Å². The van der Waals surface area contributed by atoms with Crippen LogP contribution in [-0.4, -0.2) is 24.4 Å². The van der Waals surface area contributed by atoms with Crippen LogP contribution in [0.5, 0.6) is 5.75 Å². The third kappa shape index (κ3) is 3.22. The van der Waals surface area contributed by atoms with E-state index in [2.05, 4.69) is 0 Å². The maximum atomic E-state index is 13.3. The lowest BCUT2D eigenvalue weighted by molar-refractivity contribution is -0.137. The first kappa shape index (κ1) is 12.5. The standard InChI is InChI=1S/C12H15FO3/c1-8(13)11(7-12(14)15)9-3-5-10(16-2)6-4-9/h3-6,8,11H,7H2,1-2H3,(H,14,15). The van der Waals surface area contributed by atoms with E-state index >= 15 is 0 Å². The third-order valence-electron chi connectivity index (χ3n) is 2.49. The summed E-state index contributed by atoms with van der Waals surface area (Å²) in [5, 5.41) is 8.70. The summed E-state index contributed by atoms with van der Waals surface area (Å²) in [5.74, 6) is -0.932. The molecule has 0 saturated heterocycles. The van der Waals surface area contributed by atoms with Crippen LogP contribution < -0.4 is 4.74 Å². The van der Waals surface area contributed by atoms with Gasteiger partial charge in [0, 0.05) is 5.92 Å². The van der Waals surface area contributed by atoms with Crippen LogP contribution in [0.25, 0.3) is 0 Å². The van der Waals surface area contributed by atoms with Crippen molar-refractivity contribution in [1.29, 1.82) is 0 Å². The van der Waals surface area contributed by atoms with E-state index in [0.717, 1.165) is 0 Å². The first-order valence-electron chi connectivity index (χ1n) is 5.04. The third-order valence-corrected chi connectivity index (χ3v) is 2.49. The number of rotatable bonds is 5. The van der Waals surface area contributed by atoms with Crippen LogP contribution in [-0.2, 0) is 4.79 Å². The van der Waals surface area contributed by atoms with Crippen LogP contribution in [0.15, 0.2) is 24.3 Å². The molecule has 1 aromatic rings. The van der Waals surface area contributed by atoms with Crippen LogP contribution in [0.2, 0.25) is 0 Å². The Balaban J connectivity index is 2.88. The van der Waals surface area contributed by atoms with Gasteiger partial charge in [0.1, 0.15) is 11.9 Å². The highest BCUT2D eigenvalue weighted by Crippen LogP contribution is 2.27. The van der Waals surface area contributed by atoms with Crippen LogP contribution in [0.1, 0.15) is 24.8 Å². The van der Waals surface area contributed by atoms with E-state index in [9.17, 15) is 9.18 Å². The Kier molecular flexibility index (Phi) is 4.28. The van der Waals surface area contributed by atoms with E-state index in [1.54, 1.807) is 31.4 Å². The number of carboxylic acids is 1. The summed E-state index contributed by atoms with van der Waals surface area (Å²) in [6, 6.07) is 6.80. The molecule has 0 amide bonds. The average Bonchev–Trinajstić information content (AvgIpc) is 2.25. The summed E-state index contributed by atoms with van der Waals surface area (Å²) >= 11 is 0. The highest BCUT2D eigenvalue weighted by molar-refractivity contribution is 5.68. The largest absolute Gasteiger partial charge is 0.497 e. The van der Waals surface area contributed by atoms with Gasteiger partial charge in [-0.15, -0.1) is 0 Å². The number of hydrogen-bond acceptors (Lipinski definition) is 2. The molecule has 0 spiro atoms. The van der Waals surface area contributed by atoms with Crippen molar-refractivity contribution in [2.45, 2.75) is 25.4 Å². The number of halogens is 1. The minimum Gasteiger partial charge on any atom is -0.497 e. The van der Waals surface area contributed by atoms with E-state index < -0.39 is 18.1 Å². The molecule has 16 heavy (non-hydrogen) atoms. The average molecular weight is 226 g/mol. The van der Waals surface area contributed by atoms with E-state index in [1.165, 1.54) is 6.92 Å². The molecule has 4 heteroatoms. The molecular weight excluding hydrogens is 211 g/mol. The van der Waals surface area contributed by atoms with E-state index in [1.807, 2.05) is 0 Å². The van der Waals surface area contributed by atoms with Crippen molar-refractivity contribution >= 4 is 5.97 Å². The van der Waals surface area contributed by atoms with Crippen molar-refractivity contribution in [3.05, 3.63) is 29.8 Å². The van der Waals surface area contributed by atoms with Crippen molar-refractivity contribution in [2.75, 3.05) is 7.11 Å². The van der Waals surface area contributed by atoms with E-state index in [4.69, 9.17) is 9.84 Å². The summed E-state index contributed by atoms with van der Waals surface area (Å²) in [6.45, 7) is 1.37. The second kappa shape index (κ2) is 5.49. The monoisotopic (exact) mass is 226 g/mol. The highest BCUT2D eigenvalue weighted by Gasteiger charge is 2.21. The number of ether oxygens (including phenoxy) is 1. The number of benzene rings is 1. The van der Waals surface area contributed by atoms with Crippen molar-refractivity contribution in [3.63, 3.8) is 0 Å². The number of methoxy groups -OCH3 is 1. The maximum Gasteiger partial charge on any atom is 0.304 e. The summed E-state index contributed by atoms with van der Waals surface area (Å²) < 4.78 is 18.3. The van der Waals surface area contributed by atoms with E-state index in [-0.39, 0.29) is 6.42 Å². The Morgan fingerprint density at radius 3 is 2.38 bits per heavy atom. The van der Waals surface area contributed by atoms with Gasteiger partial charge in [-0.25, -0.2) is 4.39 Å². The van der Waals surface area contributed by atoms with Crippen LogP contribution in [0.4, 0.5) is 4.39 Å².